The van der Waals surface area contributed by atoms with Gasteiger partial charge < -0.3 is 4.74 Å². The number of fused-ring (bicyclic) bond motifs is 1. The molecule has 112 valence electrons. The topological polar surface area (TPSA) is 26.3 Å². The van der Waals surface area contributed by atoms with E-state index in [9.17, 15) is 4.79 Å². The second kappa shape index (κ2) is 6.37. The Morgan fingerprint density at radius 1 is 1.00 bits per heavy atom. The van der Waals surface area contributed by atoms with Crippen LogP contribution in [0.1, 0.15) is 44.9 Å². The lowest BCUT2D eigenvalue weighted by Gasteiger charge is -2.36. The predicted octanol–water partition coefficient (Wildman–Crippen LogP) is 4.09. The molecule has 0 amide bonds. The molecule has 1 saturated heterocycles. The Kier molecular flexibility index (Phi) is 4.74. The number of ketones is 1. The molecule has 0 aromatic rings. The summed E-state index contributed by atoms with van der Waals surface area (Å²) >= 11 is 12.8. The molecule has 3 aliphatic rings. The lowest BCUT2D eigenvalue weighted by Crippen LogP contribution is -2.41. The molecule has 2 aliphatic carbocycles. The minimum absolute atomic E-state index is 0.0515. The van der Waals surface area contributed by atoms with Crippen molar-refractivity contribution >= 4 is 29.0 Å². The Balaban J connectivity index is 1.75. The van der Waals surface area contributed by atoms with Crippen molar-refractivity contribution in [3.8, 4) is 0 Å². The summed E-state index contributed by atoms with van der Waals surface area (Å²) in [5, 5.41) is 0.103. The maximum Gasteiger partial charge on any atom is 0.166 e. The summed E-state index contributed by atoms with van der Waals surface area (Å²) in [6, 6.07) is 0. The number of allylic oxidation sites excluding steroid dienone is 1. The summed E-state index contributed by atoms with van der Waals surface area (Å²) in [5.41, 5.74) is 0.816. The second-order valence-corrected chi connectivity index (χ2v) is 7.46. The van der Waals surface area contributed by atoms with E-state index < -0.39 is 0 Å². The molecule has 0 aromatic heterocycles. The van der Waals surface area contributed by atoms with E-state index in [1.165, 1.54) is 6.42 Å². The van der Waals surface area contributed by atoms with Crippen LogP contribution in [0.15, 0.2) is 11.6 Å². The first kappa shape index (κ1) is 14.9. The van der Waals surface area contributed by atoms with Crippen LogP contribution in [-0.4, -0.2) is 29.2 Å². The van der Waals surface area contributed by atoms with Crippen LogP contribution in [0.2, 0.25) is 0 Å². The van der Waals surface area contributed by atoms with E-state index in [0.717, 1.165) is 44.1 Å². The zero-order valence-electron chi connectivity index (χ0n) is 11.7. The van der Waals surface area contributed by atoms with Crippen LogP contribution in [0.25, 0.3) is 0 Å². The highest BCUT2D eigenvalue weighted by molar-refractivity contribution is 6.24. The van der Waals surface area contributed by atoms with Crippen molar-refractivity contribution in [2.24, 2.45) is 11.8 Å². The number of carbonyl (C=O) groups excluding carboxylic acids is 1. The van der Waals surface area contributed by atoms with E-state index in [1.807, 2.05) is 6.08 Å². The van der Waals surface area contributed by atoms with E-state index in [-0.39, 0.29) is 28.7 Å². The number of hydrogen-bond donors (Lipinski definition) is 0. The van der Waals surface area contributed by atoms with Gasteiger partial charge >= 0.3 is 0 Å². The third-order valence-electron chi connectivity index (χ3n) is 5.00. The van der Waals surface area contributed by atoms with Gasteiger partial charge in [-0.2, -0.15) is 0 Å². The van der Waals surface area contributed by atoms with E-state index in [4.69, 9.17) is 27.9 Å². The van der Waals surface area contributed by atoms with Crippen LogP contribution in [0.5, 0.6) is 0 Å². The summed E-state index contributed by atoms with van der Waals surface area (Å²) in [7, 11) is 0. The fourth-order valence-electron chi connectivity index (χ4n) is 3.79. The first-order valence-electron chi connectivity index (χ1n) is 7.81. The number of carbonyl (C=O) groups is 1. The number of hydrogen-bond acceptors (Lipinski definition) is 2. The van der Waals surface area contributed by atoms with Crippen LogP contribution in [-0.2, 0) is 9.53 Å². The molecule has 0 aromatic carbocycles. The molecule has 1 aliphatic heterocycles. The molecule has 0 spiro atoms. The lowest BCUT2D eigenvalue weighted by atomic mass is 9.78. The van der Waals surface area contributed by atoms with Crippen LogP contribution in [0, 0.1) is 11.8 Å². The van der Waals surface area contributed by atoms with Crippen molar-refractivity contribution in [1.82, 2.24) is 0 Å². The molecule has 2 saturated carbocycles. The van der Waals surface area contributed by atoms with Gasteiger partial charge in [0.25, 0.3) is 0 Å². The number of halogens is 2. The summed E-state index contributed by atoms with van der Waals surface area (Å²) in [6.45, 7) is 0.448. The van der Waals surface area contributed by atoms with Crippen molar-refractivity contribution in [3.63, 3.8) is 0 Å². The molecule has 2 nitrogen and oxygen atoms in total. The Bertz CT molecular complexity index is 397. The second-order valence-electron chi connectivity index (χ2n) is 6.34. The van der Waals surface area contributed by atoms with Crippen LogP contribution in [0.3, 0.4) is 0 Å². The molecule has 4 heteroatoms. The van der Waals surface area contributed by atoms with Gasteiger partial charge in [-0.1, -0.05) is 25.3 Å². The van der Waals surface area contributed by atoms with Crippen LogP contribution in [0.4, 0.5) is 0 Å². The number of rotatable bonds is 1. The van der Waals surface area contributed by atoms with E-state index in [0.29, 0.717) is 12.4 Å². The van der Waals surface area contributed by atoms with Crippen molar-refractivity contribution in [2.45, 2.75) is 61.8 Å². The fraction of sp³-hybridized carbons (Fsp3) is 0.812. The standard InChI is InChI=1S/C16H22Cl2O2/c17-13-5-3-6-14(18)12(13)8-10-9-20-15-7-2-1-4-11(15)16(10)19/h8,11-15H,1-7,9H2/b10-8+. The third-order valence-corrected chi connectivity index (χ3v) is 6.02. The van der Waals surface area contributed by atoms with Gasteiger partial charge in [0.2, 0.25) is 0 Å². The van der Waals surface area contributed by atoms with Gasteiger partial charge in [0.05, 0.1) is 12.7 Å². The molecular weight excluding hydrogens is 295 g/mol. The lowest BCUT2D eigenvalue weighted by molar-refractivity contribution is -0.132. The largest absolute Gasteiger partial charge is 0.373 e. The summed E-state index contributed by atoms with van der Waals surface area (Å²) in [4.78, 5) is 12.6. The highest BCUT2D eigenvalue weighted by Gasteiger charge is 2.38. The SMILES string of the molecule is O=C1/C(=C/C2C(Cl)CCCC2Cl)COC2CCCCC12. The molecule has 0 radical (unpaired) electrons. The van der Waals surface area contributed by atoms with Gasteiger partial charge in [0.15, 0.2) is 5.78 Å². The molecule has 3 fully saturated rings. The predicted molar refractivity (Wildman–Crippen MR) is 81.4 cm³/mol. The Morgan fingerprint density at radius 2 is 1.70 bits per heavy atom. The number of alkyl halides is 2. The molecule has 1 heterocycles. The van der Waals surface area contributed by atoms with Crippen LogP contribution < -0.4 is 0 Å². The highest BCUT2D eigenvalue weighted by Crippen LogP contribution is 2.37. The minimum atomic E-state index is 0.0515. The molecule has 4 unspecified atom stereocenters. The first-order valence-corrected chi connectivity index (χ1v) is 8.69. The van der Waals surface area contributed by atoms with Gasteiger partial charge in [0.1, 0.15) is 0 Å². The first-order chi connectivity index (χ1) is 9.66. The Morgan fingerprint density at radius 3 is 2.45 bits per heavy atom. The highest BCUT2D eigenvalue weighted by atomic mass is 35.5. The molecule has 3 rings (SSSR count). The third kappa shape index (κ3) is 2.93. The molecule has 20 heavy (non-hydrogen) atoms. The van der Waals surface area contributed by atoms with Gasteiger partial charge in [-0.25, -0.2) is 0 Å². The summed E-state index contributed by atoms with van der Waals surface area (Å²) in [6.07, 6.45) is 9.56. The fourth-order valence-corrected chi connectivity index (χ4v) is 4.67. The van der Waals surface area contributed by atoms with Gasteiger partial charge in [0, 0.05) is 28.2 Å². The average Bonchev–Trinajstić information content (AvgIpc) is 2.45. The van der Waals surface area contributed by atoms with Crippen LogP contribution >= 0.6 is 23.2 Å². The monoisotopic (exact) mass is 316 g/mol. The van der Waals surface area contributed by atoms with Crippen molar-refractivity contribution in [1.29, 1.82) is 0 Å². The average molecular weight is 317 g/mol. The summed E-state index contributed by atoms with van der Waals surface area (Å²) < 4.78 is 5.90. The normalized spacial score (nSPS) is 44.4. The smallest absolute Gasteiger partial charge is 0.166 e. The van der Waals surface area contributed by atoms with E-state index >= 15 is 0 Å². The Hall–Kier alpha value is -0.0500. The zero-order chi connectivity index (χ0) is 14.1. The van der Waals surface area contributed by atoms with Crippen molar-refractivity contribution < 1.29 is 9.53 Å². The molecular formula is C16H22Cl2O2. The number of ether oxygens (including phenoxy) is 1. The molecule has 4 atom stereocenters. The minimum Gasteiger partial charge on any atom is -0.373 e. The van der Waals surface area contributed by atoms with E-state index in [2.05, 4.69) is 0 Å². The Labute approximate surface area is 130 Å². The zero-order valence-corrected chi connectivity index (χ0v) is 13.2. The maximum absolute atomic E-state index is 12.6. The van der Waals surface area contributed by atoms with E-state index in [1.54, 1.807) is 0 Å². The van der Waals surface area contributed by atoms with Crippen molar-refractivity contribution in [3.05, 3.63) is 11.6 Å². The molecule has 0 N–H and O–H groups in total. The van der Waals surface area contributed by atoms with Gasteiger partial charge in [-0.15, -0.1) is 23.2 Å². The van der Waals surface area contributed by atoms with Gasteiger partial charge in [-0.05, 0) is 25.7 Å². The number of Topliss-reactive ketones (excluding diaryl/α,β-unsaturated/α-hetero) is 1. The van der Waals surface area contributed by atoms with Gasteiger partial charge in [-0.3, -0.25) is 4.79 Å². The molecule has 0 bridgehead atoms. The maximum atomic E-state index is 12.6. The quantitative estimate of drug-likeness (QED) is 0.538. The summed E-state index contributed by atoms with van der Waals surface area (Å²) in [5.74, 6) is 0.476. The van der Waals surface area contributed by atoms with Crippen molar-refractivity contribution in [2.75, 3.05) is 6.61 Å².